The largest absolute Gasteiger partial charge is 0.353 e. The number of allylic oxidation sites excluding steroid dienone is 2. The average molecular weight is 212 g/mol. The Morgan fingerprint density at radius 2 is 1.93 bits per heavy atom. The van der Waals surface area contributed by atoms with Crippen LogP contribution in [0.3, 0.4) is 0 Å². The molecule has 2 heteroatoms. The molecule has 0 heterocycles. The summed E-state index contributed by atoms with van der Waals surface area (Å²) >= 11 is 0. The van der Waals surface area contributed by atoms with E-state index in [4.69, 9.17) is 9.47 Å². The first-order valence-electron chi connectivity index (χ1n) is 6.09. The Kier molecular flexibility index (Phi) is 5.34. The summed E-state index contributed by atoms with van der Waals surface area (Å²) in [5.74, 6) is 1.09. The van der Waals surface area contributed by atoms with E-state index in [-0.39, 0.29) is 6.29 Å². The van der Waals surface area contributed by atoms with E-state index in [1.165, 1.54) is 18.4 Å². The van der Waals surface area contributed by atoms with Gasteiger partial charge in [-0.25, -0.2) is 0 Å². The van der Waals surface area contributed by atoms with E-state index < -0.39 is 0 Å². The highest BCUT2D eigenvalue weighted by Crippen LogP contribution is 2.32. The van der Waals surface area contributed by atoms with Crippen LogP contribution in [0.25, 0.3) is 0 Å². The van der Waals surface area contributed by atoms with Gasteiger partial charge in [-0.1, -0.05) is 18.6 Å². The lowest BCUT2D eigenvalue weighted by Gasteiger charge is -2.33. The van der Waals surface area contributed by atoms with Gasteiger partial charge in [-0.2, -0.15) is 0 Å². The highest BCUT2D eigenvalue weighted by Gasteiger charge is 2.29. The lowest BCUT2D eigenvalue weighted by atomic mass is 9.81. The zero-order valence-corrected chi connectivity index (χ0v) is 10.5. The molecule has 0 aromatic carbocycles. The standard InChI is InChI=1S/C13H24O2/c1-5-14-13(15-6-2)12-8-7-10(3)9-11(12)4/h9,11-13H,5-8H2,1-4H3/t11-,12-/m1/s1. The molecule has 1 aliphatic carbocycles. The smallest absolute Gasteiger partial charge is 0.160 e. The number of hydrogen-bond acceptors (Lipinski definition) is 2. The molecule has 15 heavy (non-hydrogen) atoms. The third-order valence-corrected chi connectivity index (χ3v) is 3.11. The molecule has 0 aromatic heterocycles. The fourth-order valence-electron chi connectivity index (χ4n) is 2.32. The SMILES string of the molecule is CCOC(OCC)[C@@H]1CCC(C)=C[C@H]1C. The van der Waals surface area contributed by atoms with Crippen molar-refractivity contribution >= 4 is 0 Å². The molecule has 0 amide bonds. The van der Waals surface area contributed by atoms with Crippen LogP contribution in [0.4, 0.5) is 0 Å². The summed E-state index contributed by atoms with van der Waals surface area (Å²) in [6.45, 7) is 10.00. The van der Waals surface area contributed by atoms with Gasteiger partial charge in [-0.05, 0) is 39.5 Å². The lowest BCUT2D eigenvalue weighted by Crippen LogP contribution is -2.33. The van der Waals surface area contributed by atoms with Gasteiger partial charge in [0, 0.05) is 19.1 Å². The Labute approximate surface area is 93.7 Å². The van der Waals surface area contributed by atoms with Gasteiger partial charge in [-0.3, -0.25) is 0 Å². The molecule has 0 N–H and O–H groups in total. The molecular weight excluding hydrogens is 188 g/mol. The quantitative estimate of drug-likeness (QED) is 0.514. The lowest BCUT2D eigenvalue weighted by molar-refractivity contribution is -0.175. The van der Waals surface area contributed by atoms with E-state index in [1.54, 1.807) is 0 Å². The van der Waals surface area contributed by atoms with Gasteiger partial charge in [0.05, 0.1) is 0 Å². The van der Waals surface area contributed by atoms with E-state index in [0.717, 1.165) is 13.2 Å². The highest BCUT2D eigenvalue weighted by atomic mass is 16.7. The van der Waals surface area contributed by atoms with Crippen molar-refractivity contribution < 1.29 is 9.47 Å². The van der Waals surface area contributed by atoms with Crippen LogP contribution in [-0.4, -0.2) is 19.5 Å². The monoisotopic (exact) mass is 212 g/mol. The molecule has 0 saturated heterocycles. The van der Waals surface area contributed by atoms with Gasteiger partial charge < -0.3 is 9.47 Å². The van der Waals surface area contributed by atoms with Crippen molar-refractivity contribution in [1.29, 1.82) is 0 Å². The first-order valence-corrected chi connectivity index (χ1v) is 6.09. The Bertz CT molecular complexity index is 205. The molecule has 2 atom stereocenters. The Morgan fingerprint density at radius 3 is 2.40 bits per heavy atom. The van der Waals surface area contributed by atoms with E-state index in [0.29, 0.717) is 11.8 Å². The molecule has 0 aliphatic heterocycles. The minimum absolute atomic E-state index is 0.0145. The Hall–Kier alpha value is -0.340. The summed E-state index contributed by atoms with van der Waals surface area (Å²) in [7, 11) is 0. The van der Waals surface area contributed by atoms with Gasteiger partial charge in [0.25, 0.3) is 0 Å². The van der Waals surface area contributed by atoms with Crippen molar-refractivity contribution in [1.82, 2.24) is 0 Å². The molecule has 88 valence electrons. The first-order chi connectivity index (χ1) is 7.19. The van der Waals surface area contributed by atoms with Crippen molar-refractivity contribution in [2.24, 2.45) is 11.8 Å². The molecule has 0 bridgehead atoms. The van der Waals surface area contributed by atoms with Crippen molar-refractivity contribution in [3.63, 3.8) is 0 Å². The zero-order valence-electron chi connectivity index (χ0n) is 10.5. The molecule has 0 radical (unpaired) electrons. The van der Waals surface area contributed by atoms with Crippen LogP contribution in [-0.2, 0) is 9.47 Å². The summed E-state index contributed by atoms with van der Waals surface area (Å²) < 4.78 is 11.4. The fourth-order valence-corrected chi connectivity index (χ4v) is 2.32. The Balaban J connectivity index is 2.59. The van der Waals surface area contributed by atoms with E-state index in [2.05, 4.69) is 19.9 Å². The number of hydrogen-bond donors (Lipinski definition) is 0. The molecule has 1 aliphatic rings. The number of rotatable bonds is 5. The van der Waals surface area contributed by atoms with Crippen LogP contribution in [0.2, 0.25) is 0 Å². The van der Waals surface area contributed by atoms with Crippen molar-refractivity contribution in [2.45, 2.75) is 46.8 Å². The molecule has 0 saturated carbocycles. The molecular formula is C13H24O2. The maximum absolute atomic E-state index is 5.68. The minimum Gasteiger partial charge on any atom is -0.353 e. The van der Waals surface area contributed by atoms with Crippen LogP contribution in [0.15, 0.2) is 11.6 Å². The average Bonchev–Trinajstić information content (AvgIpc) is 2.17. The second-order valence-electron chi connectivity index (χ2n) is 4.35. The summed E-state index contributed by atoms with van der Waals surface area (Å²) in [5.41, 5.74) is 1.51. The van der Waals surface area contributed by atoms with Crippen LogP contribution in [0.1, 0.15) is 40.5 Å². The molecule has 1 rings (SSSR count). The second kappa shape index (κ2) is 6.29. The Morgan fingerprint density at radius 1 is 1.33 bits per heavy atom. The molecule has 0 unspecified atom stereocenters. The normalized spacial score (nSPS) is 26.9. The van der Waals surface area contributed by atoms with E-state index in [1.807, 2.05) is 13.8 Å². The van der Waals surface area contributed by atoms with Crippen molar-refractivity contribution in [3.8, 4) is 0 Å². The van der Waals surface area contributed by atoms with Crippen molar-refractivity contribution in [2.75, 3.05) is 13.2 Å². The van der Waals surface area contributed by atoms with Gasteiger partial charge in [0.1, 0.15) is 0 Å². The molecule has 0 fully saturated rings. The molecule has 0 spiro atoms. The van der Waals surface area contributed by atoms with E-state index in [9.17, 15) is 0 Å². The predicted molar refractivity (Wildman–Crippen MR) is 62.7 cm³/mol. The molecule has 0 aromatic rings. The third kappa shape index (κ3) is 3.62. The summed E-state index contributed by atoms with van der Waals surface area (Å²) in [5, 5.41) is 0. The zero-order chi connectivity index (χ0) is 11.3. The number of ether oxygens (including phenoxy) is 2. The van der Waals surface area contributed by atoms with Gasteiger partial charge in [0.2, 0.25) is 0 Å². The predicted octanol–water partition coefficient (Wildman–Crippen LogP) is 3.38. The minimum atomic E-state index is -0.0145. The van der Waals surface area contributed by atoms with Crippen molar-refractivity contribution in [3.05, 3.63) is 11.6 Å². The van der Waals surface area contributed by atoms with Gasteiger partial charge in [-0.15, -0.1) is 0 Å². The maximum Gasteiger partial charge on any atom is 0.160 e. The topological polar surface area (TPSA) is 18.5 Å². The summed E-state index contributed by atoms with van der Waals surface area (Å²) in [4.78, 5) is 0. The molecule has 2 nitrogen and oxygen atoms in total. The first kappa shape index (κ1) is 12.7. The van der Waals surface area contributed by atoms with Gasteiger partial charge in [0.15, 0.2) is 6.29 Å². The third-order valence-electron chi connectivity index (χ3n) is 3.11. The second-order valence-corrected chi connectivity index (χ2v) is 4.35. The van der Waals surface area contributed by atoms with Gasteiger partial charge >= 0.3 is 0 Å². The van der Waals surface area contributed by atoms with Crippen LogP contribution in [0.5, 0.6) is 0 Å². The van der Waals surface area contributed by atoms with Crippen LogP contribution < -0.4 is 0 Å². The summed E-state index contributed by atoms with van der Waals surface area (Å²) in [6, 6.07) is 0. The van der Waals surface area contributed by atoms with E-state index >= 15 is 0 Å². The fraction of sp³-hybridized carbons (Fsp3) is 0.846. The maximum atomic E-state index is 5.68. The highest BCUT2D eigenvalue weighted by molar-refractivity contribution is 5.06. The summed E-state index contributed by atoms with van der Waals surface area (Å²) in [6.07, 6.45) is 4.72. The van der Waals surface area contributed by atoms with Crippen LogP contribution in [0, 0.1) is 11.8 Å². The van der Waals surface area contributed by atoms with Crippen LogP contribution >= 0.6 is 0 Å².